The molecule has 0 fully saturated rings. The first-order chi connectivity index (χ1) is 14.0. The fraction of sp³-hybridized carbons (Fsp3) is 0.174. The van der Waals surface area contributed by atoms with Crippen LogP contribution in [-0.4, -0.2) is 25.3 Å². The first-order valence-electron chi connectivity index (χ1n) is 8.94. The molecule has 0 aliphatic heterocycles. The molecule has 0 radical (unpaired) electrons. The van der Waals surface area contributed by atoms with Gasteiger partial charge in [-0.05, 0) is 53.6 Å². The zero-order chi connectivity index (χ0) is 20.8. The average molecular weight is 413 g/mol. The molecule has 0 aliphatic rings. The highest BCUT2D eigenvalue weighted by atomic mass is 35.5. The number of hydrogen-bond donors (Lipinski definition) is 1. The van der Waals surface area contributed by atoms with Crippen molar-refractivity contribution in [1.29, 1.82) is 0 Å². The lowest BCUT2D eigenvalue weighted by Gasteiger charge is -2.24. The first kappa shape index (κ1) is 20.7. The Bertz CT molecular complexity index is 954. The number of halogens is 1. The second-order valence-electron chi connectivity index (χ2n) is 6.33. The second kappa shape index (κ2) is 9.45. The zero-order valence-corrected chi connectivity index (χ0v) is 16.8. The van der Waals surface area contributed by atoms with E-state index in [9.17, 15) is 9.90 Å². The van der Waals surface area contributed by atoms with E-state index in [0.717, 1.165) is 0 Å². The third-order valence-corrected chi connectivity index (χ3v) is 4.72. The van der Waals surface area contributed by atoms with Gasteiger partial charge in [0.1, 0.15) is 17.6 Å². The number of aliphatic hydroxyl groups excluding tert-OH is 1. The maximum atomic E-state index is 12.7. The molecule has 5 nitrogen and oxygen atoms in total. The van der Waals surface area contributed by atoms with Crippen LogP contribution in [0.3, 0.4) is 0 Å². The first-order valence-corrected chi connectivity index (χ1v) is 9.32. The molecule has 0 bridgehead atoms. The molecule has 3 aromatic rings. The minimum absolute atomic E-state index is 0.304. The van der Waals surface area contributed by atoms with Crippen LogP contribution in [0.4, 0.5) is 0 Å². The van der Waals surface area contributed by atoms with Crippen LogP contribution in [0.1, 0.15) is 33.7 Å². The van der Waals surface area contributed by atoms with E-state index >= 15 is 0 Å². The van der Waals surface area contributed by atoms with Gasteiger partial charge in [-0.3, -0.25) is 0 Å². The summed E-state index contributed by atoms with van der Waals surface area (Å²) in [5.74, 6) is 0.742. The summed E-state index contributed by atoms with van der Waals surface area (Å²) >= 11 is 5.98. The Morgan fingerprint density at radius 3 is 1.93 bits per heavy atom. The molecule has 6 heteroatoms. The van der Waals surface area contributed by atoms with Crippen molar-refractivity contribution in [2.45, 2.75) is 12.2 Å². The van der Waals surface area contributed by atoms with Gasteiger partial charge in [-0.25, -0.2) is 4.79 Å². The van der Waals surface area contributed by atoms with E-state index in [1.807, 2.05) is 0 Å². The predicted octanol–water partition coefficient (Wildman–Crippen LogP) is 4.99. The third kappa shape index (κ3) is 5.08. The van der Waals surface area contributed by atoms with E-state index in [1.54, 1.807) is 80.9 Å². The summed E-state index contributed by atoms with van der Waals surface area (Å²) in [6.07, 6.45) is -2.02. The number of ether oxygens (including phenoxy) is 3. The molecule has 0 aromatic heterocycles. The van der Waals surface area contributed by atoms with Crippen LogP contribution >= 0.6 is 11.6 Å². The van der Waals surface area contributed by atoms with Crippen molar-refractivity contribution in [1.82, 2.24) is 0 Å². The Balaban J connectivity index is 1.92. The van der Waals surface area contributed by atoms with Crippen molar-refractivity contribution in [3.63, 3.8) is 0 Å². The maximum absolute atomic E-state index is 12.7. The van der Waals surface area contributed by atoms with Gasteiger partial charge in [-0.15, -0.1) is 0 Å². The summed E-state index contributed by atoms with van der Waals surface area (Å²) in [5.41, 5.74) is 1.52. The highest BCUT2D eigenvalue weighted by Crippen LogP contribution is 2.34. The van der Waals surface area contributed by atoms with Crippen molar-refractivity contribution in [2.75, 3.05) is 14.2 Å². The summed E-state index contributed by atoms with van der Waals surface area (Å²) in [6, 6.07) is 20.4. The second-order valence-corrected chi connectivity index (χ2v) is 6.76. The van der Waals surface area contributed by atoms with Crippen LogP contribution in [0.2, 0.25) is 5.02 Å². The van der Waals surface area contributed by atoms with Crippen molar-refractivity contribution in [3.05, 3.63) is 94.5 Å². The summed E-state index contributed by atoms with van der Waals surface area (Å²) in [4.78, 5) is 12.7. The standard InChI is InChI=1S/C23H21ClO5/c1-27-19-10-6-15(7-11-19)21(25)22(16-8-12-20(28-2)13-9-16)29-23(26)17-4-3-5-18(24)14-17/h3-14,21-22,25H,1-2H3. The molecule has 29 heavy (non-hydrogen) atoms. The van der Waals surface area contributed by atoms with Crippen molar-refractivity contribution in [3.8, 4) is 11.5 Å². The van der Waals surface area contributed by atoms with Crippen molar-refractivity contribution >= 4 is 17.6 Å². The lowest BCUT2D eigenvalue weighted by atomic mass is 9.97. The predicted molar refractivity (Wildman–Crippen MR) is 111 cm³/mol. The Morgan fingerprint density at radius 1 is 0.862 bits per heavy atom. The van der Waals surface area contributed by atoms with Gasteiger partial charge in [0.2, 0.25) is 0 Å². The fourth-order valence-electron chi connectivity index (χ4n) is 2.88. The molecule has 2 unspecified atom stereocenters. The van der Waals surface area contributed by atoms with Gasteiger partial charge in [0.25, 0.3) is 0 Å². The lowest BCUT2D eigenvalue weighted by molar-refractivity contribution is -0.0209. The monoisotopic (exact) mass is 412 g/mol. The molecule has 3 aromatic carbocycles. The fourth-order valence-corrected chi connectivity index (χ4v) is 3.07. The summed E-state index contributed by atoms with van der Waals surface area (Å²) < 4.78 is 16.0. The third-order valence-electron chi connectivity index (χ3n) is 4.48. The van der Waals surface area contributed by atoms with E-state index in [-0.39, 0.29) is 0 Å². The van der Waals surface area contributed by atoms with Gasteiger partial charge < -0.3 is 19.3 Å². The van der Waals surface area contributed by atoms with E-state index in [4.69, 9.17) is 25.8 Å². The summed E-state index contributed by atoms with van der Waals surface area (Å²) in [6.45, 7) is 0. The zero-order valence-electron chi connectivity index (χ0n) is 16.0. The Kier molecular flexibility index (Phi) is 6.75. The molecule has 0 heterocycles. The quantitative estimate of drug-likeness (QED) is 0.554. The lowest BCUT2D eigenvalue weighted by Crippen LogP contribution is -2.19. The van der Waals surface area contributed by atoms with Crippen LogP contribution in [0.5, 0.6) is 11.5 Å². The van der Waals surface area contributed by atoms with Crippen LogP contribution < -0.4 is 9.47 Å². The number of carbonyl (C=O) groups is 1. The van der Waals surface area contributed by atoms with E-state index in [1.165, 1.54) is 6.07 Å². The molecule has 0 aliphatic carbocycles. The van der Waals surface area contributed by atoms with Gasteiger partial charge in [0, 0.05) is 5.02 Å². The molecular weight excluding hydrogens is 392 g/mol. The van der Waals surface area contributed by atoms with Crippen molar-refractivity contribution < 1.29 is 24.1 Å². The van der Waals surface area contributed by atoms with Crippen LogP contribution in [0, 0.1) is 0 Å². The number of esters is 1. The molecule has 0 saturated heterocycles. The molecule has 2 atom stereocenters. The number of methoxy groups -OCH3 is 2. The van der Waals surface area contributed by atoms with Crippen LogP contribution in [-0.2, 0) is 4.74 Å². The number of rotatable bonds is 7. The normalized spacial score (nSPS) is 12.7. The molecule has 0 amide bonds. The van der Waals surface area contributed by atoms with E-state index in [0.29, 0.717) is 33.2 Å². The summed E-state index contributed by atoms with van der Waals surface area (Å²) in [7, 11) is 3.14. The molecular formula is C23H21ClO5. The van der Waals surface area contributed by atoms with Gasteiger partial charge in [0.05, 0.1) is 19.8 Å². The SMILES string of the molecule is COc1ccc(C(O)C(OC(=O)c2cccc(Cl)c2)c2ccc(OC)cc2)cc1. The smallest absolute Gasteiger partial charge is 0.338 e. The minimum atomic E-state index is -1.09. The van der Waals surface area contributed by atoms with Crippen LogP contribution in [0.25, 0.3) is 0 Å². The largest absolute Gasteiger partial charge is 0.497 e. The number of aliphatic hydroxyl groups is 1. The maximum Gasteiger partial charge on any atom is 0.338 e. The van der Waals surface area contributed by atoms with E-state index < -0.39 is 18.2 Å². The van der Waals surface area contributed by atoms with Crippen molar-refractivity contribution in [2.24, 2.45) is 0 Å². The Hall–Kier alpha value is -3.02. The summed E-state index contributed by atoms with van der Waals surface area (Å²) in [5, 5.41) is 11.4. The highest BCUT2D eigenvalue weighted by Gasteiger charge is 2.27. The van der Waals surface area contributed by atoms with E-state index in [2.05, 4.69) is 0 Å². The Morgan fingerprint density at radius 2 is 1.41 bits per heavy atom. The molecule has 3 rings (SSSR count). The minimum Gasteiger partial charge on any atom is -0.497 e. The Labute approximate surface area is 174 Å². The molecule has 1 N–H and O–H groups in total. The van der Waals surface area contributed by atoms with Gasteiger partial charge in [0.15, 0.2) is 6.10 Å². The molecule has 0 spiro atoms. The highest BCUT2D eigenvalue weighted by molar-refractivity contribution is 6.30. The topological polar surface area (TPSA) is 65.0 Å². The number of carbonyl (C=O) groups excluding carboxylic acids is 1. The van der Waals surface area contributed by atoms with Crippen LogP contribution in [0.15, 0.2) is 72.8 Å². The number of benzene rings is 3. The molecule has 150 valence electrons. The number of hydrogen-bond acceptors (Lipinski definition) is 5. The van der Waals surface area contributed by atoms with Gasteiger partial charge in [-0.2, -0.15) is 0 Å². The average Bonchev–Trinajstić information content (AvgIpc) is 2.77. The van der Waals surface area contributed by atoms with Gasteiger partial charge >= 0.3 is 5.97 Å². The van der Waals surface area contributed by atoms with Gasteiger partial charge in [-0.1, -0.05) is 41.9 Å². The molecule has 0 saturated carbocycles.